The van der Waals surface area contributed by atoms with Crippen LogP contribution in [0.1, 0.15) is 43.0 Å². The second-order valence-corrected chi connectivity index (χ2v) is 5.64. The first kappa shape index (κ1) is 15.1. The highest BCUT2D eigenvalue weighted by molar-refractivity contribution is 9.08. The summed E-state index contributed by atoms with van der Waals surface area (Å²) < 4.78 is 7.98. The van der Waals surface area contributed by atoms with Gasteiger partial charge in [-0.2, -0.15) is 5.10 Å². The molecule has 0 aliphatic rings. The molecule has 0 N–H and O–H groups in total. The van der Waals surface area contributed by atoms with Gasteiger partial charge in [-0.3, -0.25) is 0 Å². The number of aryl methyl sites for hydroxylation is 2. The molecule has 0 fully saturated rings. The zero-order valence-electron chi connectivity index (χ0n) is 12.5. The molecule has 0 spiro atoms. The first-order valence-corrected chi connectivity index (χ1v) is 8.05. The highest BCUT2D eigenvalue weighted by Crippen LogP contribution is 2.34. The molecule has 0 aliphatic carbocycles. The summed E-state index contributed by atoms with van der Waals surface area (Å²) in [6.45, 7) is 6.42. The largest absolute Gasteiger partial charge is 0.439 e. The number of alkyl halides is 1. The maximum absolute atomic E-state index is 6.18. The van der Waals surface area contributed by atoms with Gasteiger partial charge in [0.2, 0.25) is 5.88 Å². The first-order valence-electron chi connectivity index (χ1n) is 6.93. The van der Waals surface area contributed by atoms with E-state index in [0.29, 0.717) is 5.92 Å². The summed E-state index contributed by atoms with van der Waals surface area (Å²) in [4.78, 5) is 0. The van der Waals surface area contributed by atoms with E-state index in [-0.39, 0.29) is 0 Å². The van der Waals surface area contributed by atoms with Crippen molar-refractivity contribution in [2.24, 2.45) is 7.05 Å². The van der Waals surface area contributed by atoms with Gasteiger partial charge in [0.15, 0.2) is 0 Å². The Balaban J connectivity index is 2.40. The molecule has 1 aromatic carbocycles. The van der Waals surface area contributed by atoms with Crippen LogP contribution in [0.4, 0.5) is 0 Å². The molecular weight excluding hydrogens is 316 g/mol. The van der Waals surface area contributed by atoms with Crippen LogP contribution in [-0.4, -0.2) is 9.78 Å². The maximum atomic E-state index is 6.18. The number of hydrogen-bond donors (Lipinski definition) is 0. The standard InChI is InChI=1S/C16H21BrN2O/c1-5-11(2)13-8-6-7-9-15(13)20-16-14(10-17)12(3)18-19(16)4/h6-9,11H,5,10H2,1-4H3. The fraction of sp³-hybridized carbons (Fsp3) is 0.438. The first-order chi connectivity index (χ1) is 9.58. The van der Waals surface area contributed by atoms with E-state index in [4.69, 9.17) is 4.74 Å². The second kappa shape index (κ2) is 6.44. The zero-order valence-corrected chi connectivity index (χ0v) is 14.1. The second-order valence-electron chi connectivity index (χ2n) is 5.08. The van der Waals surface area contributed by atoms with Gasteiger partial charge in [-0.15, -0.1) is 0 Å². The molecule has 0 aliphatic heterocycles. The fourth-order valence-corrected chi connectivity index (χ4v) is 2.91. The fourth-order valence-electron chi connectivity index (χ4n) is 2.27. The molecule has 0 saturated heterocycles. The normalized spacial score (nSPS) is 12.4. The Morgan fingerprint density at radius 2 is 2.05 bits per heavy atom. The average molecular weight is 337 g/mol. The topological polar surface area (TPSA) is 27.1 Å². The van der Waals surface area contributed by atoms with Crippen LogP contribution in [0.2, 0.25) is 0 Å². The molecule has 1 heterocycles. The molecule has 4 heteroatoms. The van der Waals surface area contributed by atoms with E-state index in [2.05, 4.69) is 47.0 Å². The lowest BCUT2D eigenvalue weighted by Crippen LogP contribution is -2.00. The lowest BCUT2D eigenvalue weighted by Gasteiger charge is -2.16. The summed E-state index contributed by atoms with van der Waals surface area (Å²) in [5.41, 5.74) is 3.35. The van der Waals surface area contributed by atoms with Crippen molar-refractivity contribution < 1.29 is 4.74 Å². The SMILES string of the molecule is CCC(C)c1ccccc1Oc1c(CBr)c(C)nn1C. The van der Waals surface area contributed by atoms with Gasteiger partial charge in [0, 0.05) is 17.9 Å². The quantitative estimate of drug-likeness (QED) is 0.724. The number of hydrogen-bond acceptors (Lipinski definition) is 2. The highest BCUT2D eigenvalue weighted by atomic mass is 79.9. The third-order valence-corrected chi connectivity index (χ3v) is 4.25. The number of ether oxygens (including phenoxy) is 1. The molecule has 0 bridgehead atoms. The van der Waals surface area contributed by atoms with E-state index < -0.39 is 0 Å². The van der Waals surface area contributed by atoms with Crippen LogP contribution in [0.5, 0.6) is 11.6 Å². The molecule has 2 rings (SSSR count). The monoisotopic (exact) mass is 336 g/mol. The summed E-state index contributed by atoms with van der Waals surface area (Å²) in [6, 6.07) is 8.24. The Bertz CT molecular complexity index is 592. The molecule has 0 saturated carbocycles. The minimum atomic E-state index is 0.480. The van der Waals surface area contributed by atoms with Crippen molar-refractivity contribution in [1.29, 1.82) is 0 Å². The van der Waals surface area contributed by atoms with Crippen LogP contribution < -0.4 is 4.74 Å². The minimum absolute atomic E-state index is 0.480. The molecular formula is C16H21BrN2O. The van der Waals surface area contributed by atoms with Crippen molar-refractivity contribution in [2.45, 2.75) is 38.4 Å². The van der Waals surface area contributed by atoms with Crippen LogP contribution in [0.25, 0.3) is 0 Å². The van der Waals surface area contributed by atoms with Crippen molar-refractivity contribution in [1.82, 2.24) is 9.78 Å². The van der Waals surface area contributed by atoms with E-state index in [9.17, 15) is 0 Å². The van der Waals surface area contributed by atoms with Crippen LogP contribution in [0.15, 0.2) is 24.3 Å². The van der Waals surface area contributed by atoms with Crippen molar-refractivity contribution >= 4 is 15.9 Å². The van der Waals surface area contributed by atoms with Gasteiger partial charge in [0.1, 0.15) is 5.75 Å². The van der Waals surface area contributed by atoms with Crippen molar-refractivity contribution in [3.63, 3.8) is 0 Å². The number of aromatic nitrogens is 2. The Morgan fingerprint density at radius 3 is 2.70 bits per heavy atom. The molecule has 1 unspecified atom stereocenters. The number of para-hydroxylation sites is 1. The van der Waals surface area contributed by atoms with Gasteiger partial charge in [0.05, 0.1) is 5.69 Å². The molecule has 108 valence electrons. The number of halogens is 1. The third-order valence-electron chi connectivity index (χ3n) is 3.69. The summed E-state index contributed by atoms with van der Waals surface area (Å²) in [5, 5.41) is 5.18. The molecule has 3 nitrogen and oxygen atoms in total. The molecule has 1 aromatic heterocycles. The van der Waals surface area contributed by atoms with E-state index >= 15 is 0 Å². The smallest absolute Gasteiger partial charge is 0.221 e. The summed E-state index contributed by atoms with van der Waals surface area (Å²) in [7, 11) is 1.92. The van der Waals surface area contributed by atoms with E-state index in [1.165, 1.54) is 5.56 Å². The lowest BCUT2D eigenvalue weighted by atomic mass is 9.98. The van der Waals surface area contributed by atoms with Gasteiger partial charge in [-0.25, -0.2) is 4.68 Å². The summed E-state index contributed by atoms with van der Waals surface area (Å²) in [5.74, 6) is 2.22. The van der Waals surface area contributed by atoms with E-state index in [1.807, 2.05) is 26.1 Å². The van der Waals surface area contributed by atoms with Crippen LogP contribution in [-0.2, 0) is 12.4 Å². The summed E-state index contributed by atoms with van der Waals surface area (Å²) >= 11 is 3.51. The predicted molar refractivity (Wildman–Crippen MR) is 85.8 cm³/mol. The van der Waals surface area contributed by atoms with Crippen molar-refractivity contribution in [3.8, 4) is 11.6 Å². The lowest BCUT2D eigenvalue weighted by molar-refractivity contribution is 0.419. The molecule has 2 aromatic rings. The van der Waals surface area contributed by atoms with E-state index in [0.717, 1.165) is 34.6 Å². The minimum Gasteiger partial charge on any atom is -0.439 e. The predicted octanol–water partition coefficient (Wildman–Crippen LogP) is 4.93. The van der Waals surface area contributed by atoms with Crippen LogP contribution in [0, 0.1) is 6.92 Å². The highest BCUT2D eigenvalue weighted by Gasteiger charge is 2.17. The number of rotatable bonds is 5. The Kier molecular flexibility index (Phi) is 4.86. The van der Waals surface area contributed by atoms with Crippen molar-refractivity contribution in [2.75, 3.05) is 0 Å². The van der Waals surface area contributed by atoms with Gasteiger partial charge in [-0.05, 0) is 30.9 Å². The van der Waals surface area contributed by atoms with Crippen LogP contribution >= 0.6 is 15.9 Å². The number of nitrogens with zero attached hydrogens (tertiary/aromatic N) is 2. The number of benzene rings is 1. The Morgan fingerprint density at radius 1 is 1.35 bits per heavy atom. The summed E-state index contributed by atoms with van der Waals surface area (Å²) in [6.07, 6.45) is 1.09. The van der Waals surface area contributed by atoms with E-state index in [1.54, 1.807) is 4.68 Å². The van der Waals surface area contributed by atoms with Gasteiger partial charge >= 0.3 is 0 Å². The van der Waals surface area contributed by atoms with Crippen LogP contribution in [0.3, 0.4) is 0 Å². The Hall–Kier alpha value is -1.29. The Labute approximate surface area is 129 Å². The van der Waals surface area contributed by atoms with Crippen molar-refractivity contribution in [3.05, 3.63) is 41.1 Å². The average Bonchev–Trinajstić information content (AvgIpc) is 2.72. The third kappa shape index (κ3) is 2.90. The molecule has 0 amide bonds. The zero-order chi connectivity index (χ0) is 14.7. The van der Waals surface area contributed by atoms with Gasteiger partial charge in [-0.1, -0.05) is 48.0 Å². The van der Waals surface area contributed by atoms with Gasteiger partial charge < -0.3 is 4.74 Å². The maximum Gasteiger partial charge on any atom is 0.221 e. The molecule has 0 radical (unpaired) electrons. The molecule has 20 heavy (non-hydrogen) atoms. The molecule has 1 atom stereocenters. The van der Waals surface area contributed by atoms with Gasteiger partial charge in [0.25, 0.3) is 0 Å².